The summed E-state index contributed by atoms with van der Waals surface area (Å²) >= 11 is 0. The first kappa shape index (κ1) is 12.7. The van der Waals surface area contributed by atoms with Gasteiger partial charge in [0.05, 0.1) is 11.0 Å². The third-order valence-corrected chi connectivity index (χ3v) is 1.66. The van der Waals surface area contributed by atoms with E-state index in [9.17, 15) is 28.1 Å². The van der Waals surface area contributed by atoms with E-state index in [1.165, 1.54) is 0 Å². The van der Waals surface area contributed by atoms with Crippen LogP contribution in [0.1, 0.15) is 10.4 Å². The fourth-order valence-electron chi connectivity index (χ4n) is 1.07. The summed E-state index contributed by atoms with van der Waals surface area (Å²) in [4.78, 5) is 20.3. The fourth-order valence-corrected chi connectivity index (χ4v) is 1.07. The molecule has 6 nitrogen and oxygen atoms in total. The van der Waals surface area contributed by atoms with Gasteiger partial charge in [0, 0.05) is 0 Å². The number of amides is 1. The molecule has 0 fully saturated rings. The number of rotatable bonds is 3. The van der Waals surface area contributed by atoms with E-state index in [2.05, 4.69) is 4.74 Å². The summed E-state index contributed by atoms with van der Waals surface area (Å²) in [5, 5.41) is 10.5. The van der Waals surface area contributed by atoms with Crippen molar-refractivity contribution in [3.8, 4) is 5.75 Å². The highest BCUT2D eigenvalue weighted by molar-refractivity contribution is 5.97. The molecule has 0 aromatic heterocycles. The topological polar surface area (TPSA) is 95.5 Å². The number of nitrogens with zero attached hydrogens (tertiary/aromatic N) is 1. The first-order valence-corrected chi connectivity index (χ1v) is 4.04. The lowest BCUT2D eigenvalue weighted by molar-refractivity contribution is -0.385. The van der Waals surface area contributed by atoms with Crippen molar-refractivity contribution in [2.75, 3.05) is 0 Å². The molecule has 1 aromatic rings. The van der Waals surface area contributed by atoms with Crippen LogP contribution in [0, 0.1) is 10.1 Å². The predicted octanol–water partition coefficient (Wildman–Crippen LogP) is 1.59. The van der Waals surface area contributed by atoms with Crippen LogP contribution in [0.25, 0.3) is 0 Å². The van der Waals surface area contributed by atoms with Gasteiger partial charge in [-0.15, -0.1) is 13.2 Å². The number of nitrogens with two attached hydrogens (primary N) is 1. The zero-order valence-electron chi connectivity index (χ0n) is 8.02. The average Bonchev–Trinajstić information content (AvgIpc) is 2.14. The Morgan fingerprint density at radius 1 is 1.41 bits per heavy atom. The number of nitro benzene ring substituents is 1. The maximum Gasteiger partial charge on any atom is 0.573 e. The molecule has 0 saturated heterocycles. The third-order valence-electron chi connectivity index (χ3n) is 1.66. The fraction of sp³-hybridized carbons (Fsp3) is 0.125. The van der Waals surface area contributed by atoms with E-state index < -0.39 is 34.2 Å². The van der Waals surface area contributed by atoms with Gasteiger partial charge in [0.2, 0.25) is 0 Å². The van der Waals surface area contributed by atoms with E-state index in [4.69, 9.17) is 5.73 Å². The van der Waals surface area contributed by atoms with Gasteiger partial charge in [0.15, 0.2) is 0 Å². The van der Waals surface area contributed by atoms with Gasteiger partial charge in [-0.25, -0.2) is 0 Å². The Kier molecular flexibility index (Phi) is 3.21. The van der Waals surface area contributed by atoms with Gasteiger partial charge in [-0.2, -0.15) is 0 Å². The Bertz CT molecular complexity index is 472. The first-order chi connectivity index (χ1) is 7.70. The van der Waals surface area contributed by atoms with Crippen molar-refractivity contribution < 1.29 is 27.6 Å². The van der Waals surface area contributed by atoms with Crippen LogP contribution >= 0.6 is 0 Å². The van der Waals surface area contributed by atoms with Crippen molar-refractivity contribution >= 4 is 11.6 Å². The van der Waals surface area contributed by atoms with Gasteiger partial charge in [-0.1, -0.05) is 0 Å². The summed E-state index contributed by atoms with van der Waals surface area (Å²) < 4.78 is 39.0. The van der Waals surface area contributed by atoms with Crippen LogP contribution in [0.5, 0.6) is 5.75 Å². The Balaban J connectivity index is 3.19. The van der Waals surface area contributed by atoms with Crippen LogP contribution in [0.15, 0.2) is 18.2 Å². The maximum absolute atomic E-state index is 11.8. The van der Waals surface area contributed by atoms with E-state index >= 15 is 0 Å². The number of benzene rings is 1. The second-order valence-corrected chi connectivity index (χ2v) is 2.85. The second-order valence-electron chi connectivity index (χ2n) is 2.85. The molecule has 1 amide bonds. The Labute approximate surface area is 91.9 Å². The maximum atomic E-state index is 11.8. The Morgan fingerprint density at radius 3 is 2.41 bits per heavy atom. The van der Waals surface area contributed by atoms with E-state index in [-0.39, 0.29) is 0 Å². The van der Waals surface area contributed by atoms with Gasteiger partial charge in [0.1, 0.15) is 11.3 Å². The van der Waals surface area contributed by atoms with Gasteiger partial charge in [-0.05, 0) is 12.1 Å². The molecule has 0 bridgehead atoms. The third kappa shape index (κ3) is 3.33. The summed E-state index contributed by atoms with van der Waals surface area (Å²) in [6.07, 6.45) is -4.97. The van der Waals surface area contributed by atoms with E-state index in [0.717, 1.165) is 12.1 Å². The zero-order chi connectivity index (χ0) is 13.2. The Hall–Kier alpha value is -2.32. The molecule has 92 valence electrons. The smallest absolute Gasteiger partial charge is 0.406 e. The predicted molar refractivity (Wildman–Crippen MR) is 48.3 cm³/mol. The number of hydrogen-bond acceptors (Lipinski definition) is 4. The number of nitro groups is 1. The average molecular weight is 250 g/mol. The molecule has 0 spiro atoms. The van der Waals surface area contributed by atoms with Crippen molar-refractivity contribution in [1.29, 1.82) is 0 Å². The van der Waals surface area contributed by atoms with Crippen LogP contribution in [0.4, 0.5) is 18.9 Å². The number of primary amides is 1. The molecule has 1 aromatic carbocycles. The van der Waals surface area contributed by atoms with Crippen LogP contribution < -0.4 is 10.5 Å². The largest absolute Gasteiger partial charge is 0.573 e. The van der Waals surface area contributed by atoms with Crippen molar-refractivity contribution in [2.45, 2.75) is 6.36 Å². The molecule has 1 rings (SSSR count). The SMILES string of the molecule is NC(=O)c1ccc(OC(F)(F)F)cc1[N+](=O)[O-]. The normalized spacial score (nSPS) is 11.0. The van der Waals surface area contributed by atoms with Crippen molar-refractivity contribution in [2.24, 2.45) is 5.73 Å². The minimum atomic E-state index is -4.97. The zero-order valence-corrected chi connectivity index (χ0v) is 8.02. The van der Waals surface area contributed by atoms with E-state index in [1.807, 2.05) is 0 Å². The van der Waals surface area contributed by atoms with Gasteiger partial charge >= 0.3 is 6.36 Å². The van der Waals surface area contributed by atoms with Crippen LogP contribution in [0.3, 0.4) is 0 Å². The monoisotopic (exact) mass is 250 g/mol. The van der Waals surface area contributed by atoms with Crippen LogP contribution in [0.2, 0.25) is 0 Å². The highest BCUT2D eigenvalue weighted by Crippen LogP contribution is 2.28. The second kappa shape index (κ2) is 4.28. The highest BCUT2D eigenvalue weighted by Gasteiger charge is 2.32. The molecule has 0 unspecified atom stereocenters. The summed E-state index contributed by atoms with van der Waals surface area (Å²) in [7, 11) is 0. The molecule has 0 atom stereocenters. The number of ether oxygens (including phenoxy) is 1. The van der Waals surface area contributed by atoms with Crippen LogP contribution in [-0.4, -0.2) is 17.2 Å². The van der Waals surface area contributed by atoms with Crippen molar-refractivity contribution in [1.82, 2.24) is 0 Å². The Morgan fingerprint density at radius 2 is 2.00 bits per heavy atom. The molecule has 9 heteroatoms. The molecular formula is C8H5F3N2O4. The standard InChI is InChI=1S/C8H5F3N2O4/c9-8(10,11)17-4-1-2-5(7(12)14)6(3-4)13(15)16/h1-3H,(H2,12,14). The molecule has 0 heterocycles. The molecule has 2 N–H and O–H groups in total. The van der Waals surface area contributed by atoms with E-state index in [1.54, 1.807) is 0 Å². The molecule has 0 aliphatic carbocycles. The number of alkyl halides is 3. The number of hydrogen-bond donors (Lipinski definition) is 1. The minimum absolute atomic E-state index is 0.480. The van der Waals surface area contributed by atoms with Crippen molar-refractivity contribution in [3.05, 3.63) is 33.9 Å². The lowest BCUT2D eigenvalue weighted by Crippen LogP contribution is -2.18. The number of carbonyl (C=O) groups excluding carboxylic acids is 1. The first-order valence-electron chi connectivity index (χ1n) is 4.04. The summed E-state index contributed by atoms with van der Waals surface area (Å²) in [5.74, 6) is -1.91. The molecule has 17 heavy (non-hydrogen) atoms. The highest BCUT2D eigenvalue weighted by atomic mass is 19.4. The van der Waals surface area contributed by atoms with Gasteiger partial charge in [0.25, 0.3) is 11.6 Å². The molecular weight excluding hydrogens is 245 g/mol. The summed E-state index contributed by atoms with van der Waals surface area (Å²) in [6, 6.07) is 2.04. The quantitative estimate of drug-likeness (QED) is 0.650. The van der Waals surface area contributed by atoms with Crippen molar-refractivity contribution in [3.63, 3.8) is 0 Å². The molecule has 0 aliphatic heterocycles. The molecule has 0 radical (unpaired) electrons. The number of halogens is 3. The lowest BCUT2D eigenvalue weighted by Gasteiger charge is -2.08. The summed E-state index contributed by atoms with van der Waals surface area (Å²) in [6.45, 7) is 0. The molecule has 0 saturated carbocycles. The lowest BCUT2D eigenvalue weighted by atomic mass is 10.1. The van der Waals surface area contributed by atoms with Crippen LogP contribution in [-0.2, 0) is 0 Å². The summed E-state index contributed by atoms with van der Waals surface area (Å²) in [5.41, 5.74) is 3.48. The van der Waals surface area contributed by atoms with Gasteiger partial charge < -0.3 is 10.5 Å². The van der Waals surface area contributed by atoms with Gasteiger partial charge in [-0.3, -0.25) is 14.9 Å². The minimum Gasteiger partial charge on any atom is -0.406 e. The van der Waals surface area contributed by atoms with E-state index in [0.29, 0.717) is 6.07 Å². The molecule has 0 aliphatic rings. The number of carbonyl (C=O) groups is 1.